The van der Waals surface area contributed by atoms with Crippen LogP contribution in [0.3, 0.4) is 0 Å². The Morgan fingerprint density at radius 1 is 1.33 bits per heavy atom. The summed E-state index contributed by atoms with van der Waals surface area (Å²) in [5.74, 6) is 0. The monoisotopic (exact) mass is 289 g/mol. The molecule has 1 saturated carbocycles. The zero-order valence-electron chi connectivity index (χ0n) is 12.5. The minimum absolute atomic E-state index is 0.106. The molecule has 0 radical (unpaired) electrons. The first kappa shape index (κ1) is 14.1. The van der Waals surface area contributed by atoms with Crippen LogP contribution < -0.4 is 5.32 Å². The molecule has 0 amide bonds. The maximum Gasteiger partial charge on any atom is 0.0729 e. The highest BCUT2D eigenvalue weighted by molar-refractivity contribution is 5.39. The Morgan fingerprint density at radius 3 is 2.90 bits per heavy atom. The van der Waals surface area contributed by atoms with Crippen molar-refractivity contribution in [2.45, 2.75) is 51.7 Å². The van der Waals surface area contributed by atoms with Gasteiger partial charge in [-0.3, -0.25) is 9.36 Å². The molecule has 21 heavy (non-hydrogen) atoms. The molecule has 0 aromatic carbocycles. The Hall–Kier alpha value is -1.82. The average Bonchev–Trinajstić information content (AvgIpc) is 3.17. The summed E-state index contributed by atoms with van der Waals surface area (Å²) in [6.45, 7) is 3.45. The summed E-state index contributed by atoms with van der Waals surface area (Å²) < 4.78 is 3.88. The fourth-order valence-corrected chi connectivity index (χ4v) is 2.93. The predicted molar refractivity (Wildman–Crippen MR) is 81.1 cm³/mol. The van der Waals surface area contributed by atoms with Crippen LogP contribution in [0.15, 0.2) is 18.6 Å². The first-order chi connectivity index (χ1) is 10.3. The number of nitrogens with one attached hydrogen (secondary N) is 1. The van der Waals surface area contributed by atoms with Crippen molar-refractivity contribution in [3.63, 3.8) is 0 Å². The molecule has 6 heteroatoms. The van der Waals surface area contributed by atoms with Crippen LogP contribution >= 0.6 is 0 Å². The molecule has 2 aromatic heterocycles. The van der Waals surface area contributed by atoms with Gasteiger partial charge in [-0.1, -0.05) is 12.8 Å². The van der Waals surface area contributed by atoms with Gasteiger partial charge in [0.15, 0.2) is 0 Å². The van der Waals surface area contributed by atoms with Crippen LogP contribution in [0.4, 0.5) is 5.69 Å². The van der Waals surface area contributed by atoms with Crippen molar-refractivity contribution >= 4 is 5.69 Å². The third-order valence-electron chi connectivity index (χ3n) is 4.16. The highest BCUT2D eigenvalue weighted by Gasteiger charge is 2.18. The average molecular weight is 289 g/mol. The quantitative estimate of drug-likeness (QED) is 0.854. The molecule has 6 nitrogen and oxygen atoms in total. The van der Waals surface area contributed by atoms with Gasteiger partial charge in [-0.15, -0.1) is 0 Å². The van der Waals surface area contributed by atoms with Crippen molar-refractivity contribution in [3.05, 3.63) is 29.8 Å². The van der Waals surface area contributed by atoms with Crippen LogP contribution in [0, 0.1) is 6.92 Å². The summed E-state index contributed by atoms with van der Waals surface area (Å²) >= 11 is 0. The Bertz CT molecular complexity index is 583. The lowest BCUT2D eigenvalue weighted by Gasteiger charge is -2.08. The molecule has 0 unspecified atom stereocenters. The van der Waals surface area contributed by atoms with E-state index in [1.54, 1.807) is 10.9 Å². The number of aryl methyl sites for hydroxylation is 1. The third kappa shape index (κ3) is 3.26. The molecule has 0 bridgehead atoms. The zero-order chi connectivity index (χ0) is 14.7. The molecule has 2 aromatic rings. The van der Waals surface area contributed by atoms with Crippen molar-refractivity contribution in [3.8, 4) is 0 Å². The Labute approximate surface area is 124 Å². The summed E-state index contributed by atoms with van der Waals surface area (Å²) in [5.41, 5.74) is 3.30. The standard InChI is InChI=1S/C15H23N5O/c1-12-13(10-20(18-12)15-4-2-3-5-15)8-16-14-9-17-19(11-14)6-7-21/h9-11,15-16,21H,2-8H2,1H3. The van der Waals surface area contributed by atoms with E-state index in [0.717, 1.165) is 17.9 Å². The molecule has 0 atom stereocenters. The van der Waals surface area contributed by atoms with E-state index in [9.17, 15) is 0 Å². The third-order valence-corrected chi connectivity index (χ3v) is 4.16. The lowest BCUT2D eigenvalue weighted by atomic mass is 10.2. The van der Waals surface area contributed by atoms with E-state index in [4.69, 9.17) is 5.11 Å². The minimum Gasteiger partial charge on any atom is -0.394 e. The van der Waals surface area contributed by atoms with Crippen LogP contribution in [0.1, 0.15) is 43.0 Å². The topological polar surface area (TPSA) is 67.9 Å². The predicted octanol–water partition coefficient (Wildman–Crippen LogP) is 2.11. The van der Waals surface area contributed by atoms with E-state index in [0.29, 0.717) is 12.6 Å². The second kappa shape index (κ2) is 6.30. The second-order valence-electron chi connectivity index (χ2n) is 5.73. The fraction of sp³-hybridized carbons (Fsp3) is 0.600. The first-order valence-corrected chi connectivity index (χ1v) is 7.68. The first-order valence-electron chi connectivity index (χ1n) is 7.68. The number of aromatic nitrogens is 4. The molecule has 1 fully saturated rings. The smallest absolute Gasteiger partial charge is 0.0729 e. The number of nitrogens with zero attached hydrogens (tertiary/aromatic N) is 4. The fourth-order valence-electron chi connectivity index (χ4n) is 2.93. The van der Waals surface area contributed by atoms with Gasteiger partial charge < -0.3 is 10.4 Å². The van der Waals surface area contributed by atoms with Crippen LogP contribution in [0.2, 0.25) is 0 Å². The summed E-state index contributed by atoms with van der Waals surface area (Å²) in [6.07, 6.45) is 11.0. The van der Waals surface area contributed by atoms with Crippen molar-refractivity contribution in [2.75, 3.05) is 11.9 Å². The number of rotatable bonds is 6. The highest BCUT2D eigenvalue weighted by atomic mass is 16.3. The normalized spacial score (nSPS) is 15.7. The molecule has 2 N–H and O–H groups in total. The number of aliphatic hydroxyl groups is 1. The SMILES string of the molecule is Cc1nn(C2CCCC2)cc1CNc1cnn(CCO)c1. The lowest BCUT2D eigenvalue weighted by molar-refractivity contribution is 0.269. The lowest BCUT2D eigenvalue weighted by Crippen LogP contribution is -2.05. The van der Waals surface area contributed by atoms with E-state index in [1.165, 1.54) is 31.2 Å². The van der Waals surface area contributed by atoms with Gasteiger partial charge in [-0.25, -0.2) is 0 Å². The summed E-state index contributed by atoms with van der Waals surface area (Å²) in [4.78, 5) is 0. The zero-order valence-corrected chi connectivity index (χ0v) is 12.5. The van der Waals surface area contributed by atoms with E-state index in [1.807, 2.05) is 6.20 Å². The van der Waals surface area contributed by atoms with Crippen molar-refractivity contribution in [2.24, 2.45) is 0 Å². The van der Waals surface area contributed by atoms with Crippen LogP contribution in [-0.2, 0) is 13.1 Å². The number of hydrogen-bond acceptors (Lipinski definition) is 4. The molecule has 0 saturated heterocycles. The largest absolute Gasteiger partial charge is 0.394 e. The maximum atomic E-state index is 8.89. The summed E-state index contributed by atoms with van der Waals surface area (Å²) in [6, 6.07) is 0.588. The van der Waals surface area contributed by atoms with E-state index in [2.05, 4.69) is 33.3 Å². The summed E-state index contributed by atoms with van der Waals surface area (Å²) in [5, 5.41) is 21.1. The molecule has 1 aliphatic carbocycles. The molecular weight excluding hydrogens is 266 g/mol. The Balaban J connectivity index is 1.61. The van der Waals surface area contributed by atoms with Gasteiger partial charge in [0, 0.05) is 24.5 Å². The Morgan fingerprint density at radius 2 is 2.14 bits per heavy atom. The van der Waals surface area contributed by atoms with Gasteiger partial charge in [0.2, 0.25) is 0 Å². The maximum absolute atomic E-state index is 8.89. The number of aliphatic hydroxyl groups excluding tert-OH is 1. The molecule has 0 spiro atoms. The van der Waals surface area contributed by atoms with Gasteiger partial charge in [0.1, 0.15) is 0 Å². The van der Waals surface area contributed by atoms with E-state index < -0.39 is 0 Å². The van der Waals surface area contributed by atoms with Crippen molar-refractivity contribution < 1.29 is 5.11 Å². The van der Waals surface area contributed by atoms with Crippen molar-refractivity contribution in [1.29, 1.82) is 0 Å². The van der Waals surface area contributed by atoms with E-state index in [-0.39, 0.29) is 6.61 Å². The van der Waals surface area contributed by atoms with Crippen molar-refractivity contribution in [1.82, 2.24) is 19.6 Å². The molecule has 114 valence electrons. The highest BCUT2D eigenvalue weighted by Crippen LogP contribution is 2.29. The van der Waals surface area contributed by atoms with Gasteiger partial charge in [0.05, 0.1) is 36.8 Å². The number of anilines is 1. The summed E-state index contributed by atoms with van der Waals surface area (Å²) in [7, 11) is 0. The van der Waals surface area contributed by atoms with Gasteiger partial charge in [-0.05, 0) is 19.8 Å². The Kier molecular flexibility index (Phi) is 4.24. The molecule has 0 aliphatic heterocycles. The molecule has 1 aliphatic rings. The van der Waals surface area contributed by atoms with Crippen LogP contribution in [0.25, 0.3) is 0 Å². The second-order valence-corrected chi connectivity index (χ2v) is 5.73. The van der Waals surface area contributed by atoms with E-state index >= 15 is 0 Å². The van der Waals surface area contributed by atoms with Gasteiger partial charge >= 0.3 is 0 Å². The number of hydrogen-bond donors (Lipinski definition) is 2. The van der Waals surface area contributed by atoms with Gasteiger partial charge in [-0.2, -0.15) is 10.2 Å². The van der Waals surface area contributed by atoms with Crippen LogP contribution in [-0.4, -0.2) is 31.3 Å². The van der Waals surface area contributed by atoms with Crippen LogP contribution in [0.5, 0.6) is 0 Å². The minimum atomic E-state index is 0.106. The van der Waals surface area contributed by atoms with Gasteiger partial charge in [0.25, 0.3) is 0 Å². The molecule has 2 heterocycles. The molecular formula is C15H23N5O. The molecule has 3 rings (SSSR count).